The first kappa shape index (κ1) is 13.8. The van der Waals surface area contributed by atoms with Crippen molar-refractivity contribution >= 4 is 10.4 Å². The van der Waals surface area contributed by atoms with Crippen LogP contribution in [-0.2, 0) is 15.1 Å². The molecule has 0 saturated carbocycles. The number of morpholine rings is 1. The van der Waals surface area contributed by atoms with E-state index in [0.717, 1.165) is 26.1 Å². The van der Waals surface area contributed by atoms with Gasteiger partial charge in [0.2, 0.25) is 0 Å². The third kappa shape index (κ3) is 11.8. The average Bonchev–Trinajstić information content (AvgIpc) is 2.03. The van der Waals surface area contributed by atoms with Gasteiger partial charge in [0.25, 0.3) is 0 Å². The van der Waals surface area contributed by atoms with Crippen LogP contribution in [0.4, 0.5) is 0 Å². The van der Waals surface area contributed by atoms with Gasteiger partial charge in [-0.2, -0.15) is 8.42 Å². The standard InChI is InChI=1S/C6H13NO2.H2O4S/c8-3-1-6-5-7-2-4-9-6;1-5(2,3)4/h6-8H,1-5H2;(H2,1,2,3,4). The van der Waals surface area contributed by atoms with Crippen molar-refractivity contribution in [2.24, 2.45) is 0 Å². The van der Waals surface area contributed by atoms with Crippen LogP contribution in [0.3, 0.4) is 0 Å². The highest BCUT2D eigenvalue weighted by Gasteiger charge is 2.11. The van der Waals surface area contributed by atoms with E-state index in [9.17, 15) is 0 Å². The van der Waals surface area contributed by atoms with Gasteiger partial charge >= 0.3 is 10.4 Å². The third-order valence-electron chi connectivity index (χ3n) is 1.46. The van der Waals surface area contributed by atoms with Gasteiger partial charge in [0.15, 0.2) is 0 Å². The Morgan fingerprint density at radius 3 is 2.36 bits per heavy atom. The Morgan fingerprint density at radius 2 is 2.00 bits per heavy atom. The molecular weight excluding hydrogens is 214 g/mol. The minimum Gasteiger partial charge on any atom is -0.396 e. The molecule has 0 aromatic rings. The van der Waals surface area contributed by atoms with E-state index in [1.165, 1.54) is 0 Å². The first-order chi connectivity index (χ1) is 6.43. The monoisotopic (exact) mass is 229 g/mol. The third-order valence-corrected chi connectivity index (χ3v) is 1.46. The number of nitrogens with one attached hydrogen (secondary N) is 1. The summed E-state index contributed by atoms with van der Waals surface area (Å²) in [4.78, 5) is 0. The molecule has 1 rings (SSSR count). The molecular formula is C6H15NO6S. The lowest BCUT2D eigenvalue weighted by atomic mass is 10.2. The number of rotatable bonds is 2. The summed E-state index contributed by atoms with van der Waals surface area (Å²) in [6.45, 7) is 2.85. The molecule has 0 aromatic carbocycles. The Bertz CT molecular complexity index is 212. The van der Waals surface area contributed by atoms with E-state index < -0.39 is 10.4 Å². The van der Waals surface area contributed by atoms with Gasteiger partial charge in [0, 0.05) is 19.7 Å². The van der Waals surface area contributed by atoms with E-state index in [4.69, 9.17) is 27.4 Å². The lowest BCUT2D eigenvalue weighted by Gasteiger charge is -2.22. The SMILES string of the molecule is O=S(=O)(O)O.OCCC1CNCCO1. The van der Waals surface area contributed by atoms with E-state index in [-0.39, 0.29) is 12.7 Å². The maximum atomic E-state index is 8.74. The minimum atomic E-state index is -4.67. The highest BCUT2D eigenvalue weighted by molar-refractivity contribution is 7.79. The summed E-state index contributed by atoms with van der Waals surface area (Å²) in [5, 5.41) is 11.7. The molecule has 14 heavy (non-hydrogen) atoms. The maximum absolute atomic E-state index is 8.74. The summed E-state index contributed by atoms with van der Waals surface area (Å²) in [6.07, 6.45) is 0.997. The number of aliphatic hydroxyl groups excluding tert-OH is 1. The van der Waals surface area contributed by atoms with Gasteiger partial charge in [-0.25, -0.2) is 0 Å². The van der Waals surface area contributed by atoms with Crippen LogP contribution in [0.5, 0.6) is 0 Å². The molecule has 8 heteroatoms. The molecule has 1 unspecified atom stereocenters. The lowest BCUT2D eigenvalue weighted by molar-refractivity contribution is 0.0139. The van der Waals surface area contributed by atoms with Crippen molar-refractivity contribution in [2.75, 3.05) is 26.3 Å². The lowest BCUT2D eigenvalue weighted by Crippen LogP contribution is -2.38. The summed E-state index contributed by atoms with van der Waals surface area (Å²) in [7, 11) is -4.67. The zero-order valence-corrected chi connectivity index (χ0v) is 8.40. The Balaban J connectivity index is 0.000000292. The van der Waals surface area contributed by atoms with E-state index in [2.05, 4.69) is 5.32 Å². The molecule has 0 radical (unpaired) electrons. The quantitative estimate of drug-likeness (QED) is 0.435. The van der Waals surface area contributed by atoms with Crippen molar-refractivity contribution in [2.45, 2.75) is 12.5 Å². The molecule has 0 aromatic heterocycles. The van der Waals surface area contributed by atoms with Crippen molar-refractivity contribution in [3.05, 3.63) is 0 Å². The maximum Gasteiger partial charge on any atom is 0.394 e. The molecule has 0 bridgehead atoms. The predicted molar refractivity (Wildman–Crippen MR) is 48.5 cm³/mol. The zero-order valence-electron chi connectivity index (χ0n) is 7.59. The molecule has 1 saturated heterocycles. The van der Waals surface area contributed by atoms with Crippen molar-refractivity contribution in [3.63, 3.8) is 0 Å². The first-order valence-corrected chi connectivity index (χ1v) is 5.46. The summed E-state index contributed by atoms with van der Waals surface area (Å²) >= 11 is 0. The van der Waals surface area contributed by atoms with Gasteiger partial charge in [-0.15, -0.1) is 0 Å². The summed E-state index contributed by atoms with van der Waals surface area (Å²) < 4.78 is 36.9. The number of hydrogen-bond donors (Lipinski definition) is 4. The molecule has 4 N–H and O–H groups in total. The van der Waals surface area contributed by atoms with Crippen molar-refractivity contribution in [3.8, 4) is 0 Å². The molecule has 7 nitrogen and oxygen atoms in total. The first-order valence-electron chi connectivity index (χ1n) is 4.06. The van der Waals surface area contributed by atoms with Crippen LogP contribution in [0.15, 0.2) is 0 Å². The molecule has 1 fully saturated rings. The molecule has 0 spiro atoms. The largest absolute Gasteiger partial charge is 0.396 e. The van der Waals surface area contributed by atoms with Gasteiger partial charge in [0.1, 0.15) is 0 Å². The predicted octanol–water partition coefficient (Wildman–Crippen LogP) is -1.30. The fourth-order valence-corrected chi connectivity index (χ4v) is 0.949. The van der Waals surface area contributed by atoms with E-state index in [1.807, 2.05) is 0 Å². The smallest absolute Gasteiger partial charge is 0.394 e. The van der Waals surface area contributed by atoms with Crippen LogP contribution >= 0.6 is 0 Å². The summed E-state index contributed by atoms with van der Waals surface area (Å²) in [6, 6.07) is 0. The van der Waals surface area contributed by atoms with E-state index in [1.54, 1.807) is 0 Å². The van der Waals surface area contributed by atoms with Crippen LogP contribution < -0.4 is 5.32 Å². The van der Waals surface area contributed by atoms with Crippen molar-refractivity contribution in [1.82, 2.24) is 5.32 Å². The number of aliphatic hydroxyl groups is 1. The Kier molecular flexibility index (Phi) is 6.97. The van der Waals surface area contributed by atoms with Crippen LogP contribution in [0.25, 0.3) is 0 Å². The zero-order chi connectivity index (χ0) is 11.0. The molecule has 1 aliphatic heterocycles. The van der Waals surface area contributed by atoms with Gasteiger partial charge in [-0.3, -0.25) is 9.11 Å². The van der Waals surface area contributed by atoms with Gasteiger partial charge < -0.3 is 15.2 Å². The topological polar surface area (TPSA) is 116 Å². The van der Waals surface area contributed by atoms with E-state index in [0.29, 0.717) is 0 Å². The van der Waals surface area contributed by atoms with Crippen molar-refractivity contribution in [1.29, 1.82) is 0 Å². The number of hydrogen-bond acceptors (Lipinski definition) is 5. The van der Waals surface area contributed by atoms with Crippen LogP contribution in [0, 0.1) is 0 Å². The van der Waals surface area contributed by atoms with Gasteiger partial charge in [-0.1, -0.05) is 0 Å². The molecule has 0 amide bonds. The van der Waals surface area contributed by atoms with Gasteiger partial charge in [-0.05, 0) is 6.42 Å². The second-order valence-electron chi connectivity index (χ2n) is 2.66. The molecule has 1 heterocycles. The highest BCUT2D eigenvalue weighted by Crippen LogP contribution is 1.98. The molecule has 0 aliphatic carbocycles. The van der Waals surface area contributed by atoms with E-state index >= 15 is 0 Å². The molecule has 1 atom stereocenters. The minimum absolute atomic E-state index is 0.229. The average molecular weight is 229 g/mol. The second kappa shape index (κ2) is 7.10. The fourth-order valence-electron chi connectivity index (χ4n) is 0.949. The molecule has 1 aliphatic rings. The number of ether oxygens (including phenoxy) is 1. The van der Waals surface area contributed by atoms with Crippen LogP contribution in [0.2, 0.25) is 0 Å². The summed E-state index contributed by atoms with van der Waals surface area (Å²) in [5.74, 6) is 0. The van der Waals surface area contributed by atoms with Crippen LogP contribution in [0.1, 0.15) is 6.42 Å². The Morgan fingerprint density at radius 1 is 1.43 bits per heavy atom. The second-order valence-corrected chi connectivity index (χ2v) is 3.55. The normalized spacial score (nSPS) is 22.4. The molecule has 86 valence electrons. The van der Waals surface area contributed by atoms with Crippen molar-refractivity contribution < 1.29 is 27.4 Å². The highest BCUT2D eigenvalue weighted by atomic mass is 32.3. The Labute approximate surface area is 82.7 Å². The van der Waals surface area contributed by atoms with Gasteiger partial charge in [0.05, 0.1) is 12.7 Å². The Hall–Kier alpha value is -0.250. The van der Waals surface area contributed by atoms with Crippen LogP contribution in [-0.4, -0.2) is 55.0 Å². The fraction of sp³-hybridized carbons (Fsp3) is 1.00. The summed E-state index contributed by atoms with van der Waals surface area (Å²) in [5.41, 5.74) is 0.